The lowest BCUT2D eigenvalue weighted by molar-refractivity contribution is 0.230. The van der Waals surface area contributed by atoms with E-state index in [0.717, 1.165) is 12.5 Å². The number of piperidine rings is 1. The Morgan fingerprint density at radius 2 is 2.15 bits per heavy atom. The molecule has 1 aromatic rings. The van der Waals surface area contributed by atoms with E-state index in [4.69, 9.17) is 5.73 Å². The molecule has 4 nitrogen and oxygen atoms in total. The molecule has 0 radical (unpaired) electrons. The first-order chi connectivity index (χ1) is 9.36. The van der Waals surface area contributed by atoms with Gasteiger partial charge in [0.2, 0.25) is 10.0 Å². The van der Waals surface area contributed by atoms with Crippen LogP contribution >= 0.6 is 0 Å². The van der Waals surface area contributed by atoms with Crippen molar-refractivity contribution in [1.29, 1.82) is 0 Å². The lowest BCUT2D eigenvalue weighted by atomic mass is 9.92. The Hall–Kier alpha value is -0.980. The van der Waals surface area contributed by atoms with E-state index in [1.54, 1.807) is 6.92 Å². The Morgan fingerprint density at radius 1 is 1.45 bits per heavy atom. The fraction of sp³-hybridized carbons (Fsp3) is 0.571. The zero-order chi connectivity index (χ0) is 14.9. The third kappa shape index (κ3) is 2.87. The number of rotatable bonds is 3. The van der Waals surface area contributed by atoms with E-state index < -0.39 is 15.8 Å². The molecular formula is C14H21FN2O2S. The standard InChI is InChI=1S/C14H21FN2O2S/c1-3-11-9-17(7-6-14(11)16)20(18,19)12-5-4-10(2)13(15)8-12/h4-5,8,11,14H,3,6-7,9,16H2,1-2H3. The minimum atomic E-state index is -3.63. The first-order valence-electron chi connectivity index (χ1n) is 6.88. The first kappa shape index (κ1) is 15.4. The lowest BCUT2D eigenvalue weighted by Crippen LogP contribution is -2.48. The van der Waals surface area contributed by atoms with Crippen molar-refractivity contribution in [3.63, 3.8) is 0 Å². The number of halogens is 1. The van der Waals surface area contributed by atoms with Crippen molar-refractivity contribution < 1.29 is 12.8 Å². The molecule has 2 N–H and O–H groups in total. The molecule has 1 saturated heterocycles. The van der Waals surface area contributed by atoms with Gasteiger partial charge in [-0.25, -0.2) is 12.8 Å². The monoisotopic (exact) mass is 300 g/mol. The molecule has 1 aliphatic rings. The molecule has 0 spiro atoms. The van der Waals surface area contributed by atoms with Gasteiger partial charge >= 0.3 is 0 Å². The van der Waals surface area contributed by atoms with E-state index in [9.17, 15) is 12.8 Å². The molecule has 1 fully saturated rings. The second-order valence-corrected chi connectivity index (χ2v) is 7.33. The van der Waals surface area contributed by atoms with Crippen LogP contribution in [0.15, 0.2) is 23.1 Å². The zero-order valence-corrected chi connectivity index (χ0v) is 12.7. The molecule has 0 bridgehead atoms. The van der Waals surface area contributed by atoms with Crippen LogP contribution in [-0.4, -0.2) is 31.9 Å². The van der Waals surface area contributed by atoms with Crippen LogP contribution in [0.5, 0.6) is 0 Å². The van der Waals surface area contributed by atoms with Gasteiger partial charge in [0.1, 0.15) is 5.82 Å². The lowest BCUT2D eigenvalue weighted by Gasteiger charge is -2.35. The van der Waals surface area contributed by atoms with Gasteiger partial charge in [-0.3, -0.25) is 0 Å². The van der Waals surface area contributed by atoms with Crippen molar-refractivity contribution in [2.24, 2.45) is 11.7 Å². The fourth-order valence-corrected chi connectivity index (χ4v) is 4.07. The van der Waals surface area contributed by atoms with E-state index in [1.807, 2.05) is 6.92 Å². The molecule has 2 unspecified atom stereocenters. The molecule has 0 amide bonds. The minimum Gasteiger partial charge on any atom is -0.327 e. The molecule has 112 valence electrons. The number of hydrogen-bond donors (Lipinski definition) is 1. The van der Waals surface area contributed by atoms with Gasteiger partial charge in [0.15, 0.2) is 0 Å². The summed E-state index contributed by atoms with van der Waals surface area (Å²) in [5.41, 5.74) is 6.44. The highest BCUT2D eigenvalue weighted by Crippen LogP contribution is 2.25. The maximum absolute atomic E-state index is 13.6. The third-order valence-corrected chi connectivity index (χ3v) is 5.92. The van der Waals surface area contributed by atoms with Crippen LogP contribution in [0.3, 0.4) is 0 Å². The summed E-state index contributed by atoms with van der Waals surface area (Å²) >= 11 is 0. The highest BCUT2D eigenvalue weighted by Gasteiger charge is 2.33. The van der Waals surface area contributed by atoms with Gasteiger partial charge in [-0.15, -0.1) is 0 Å². The molecule has 1 aromatic carbocycles. The van der Waals surface area contributed by atoms with Gasteiger partial charge in [-0.2, -0.15) is 4.31 Å². The van der Waals surface area contributed by atoms with E-state index in [-0.39, 0.29) is 16.9 Å². The summed E-state index contributed by atoms with van der Waals surface area (Å²) in [6.45, 7) is 4.43. The van der Waals surface area contributed by atoms with Crippen molar-refractivity contribution in [2.45, 2.75) is 37.6 Å². The minimum absolute atomic E-state index is 0.0194. The first-order valence-corrected chi connectivity index (χ1v) is 8.32. The third-order valence-electron chi connectivity index (χ3n) is 4.06. The summed E-state index contributed by atoms with van der Waals surface area (Å²) < 4.78 is 40.1. The summed E-state index contributed by atoms with van der Waals surface area (Å²) in [6.07, 6.45) is 1.49. The van der Waals surface area contributed by atoms with Crippen molar-refractivity contribution in [2.75, 3.05) is 13.1 Å². The van der Waals surface area contributed by atoms with Gasteiger partial charge in [0.05, 0.1) is 4.90 Å². The molecule has 1 aliphatic heterocycles. The molecule has 0 aromatic heterocycles. The Labute approximate surface area is 119 Å². The van der Waals surface area contributed by atoms with Crippen LogP contribution in [0.1, 0.15) is 25.3 Å². The quantitative estimate of drug-likeness (QED) is 0.927. The highest BCUT2D eigenvalue weighted by atomic mass is 32.2. The van der Waals surface area contributed by atoms with Gasteiger partial charge in [-0.1, -0.05) is 19.4 Å². The molecule has 0 aliphatic carbocycles. The van der Waals surface area contributed by atoms with Gasteiger partial charge in [0, 0.05) is 19.1 Å². The number of aryl methyl sites for hydroxylation is 1. The van der Waals surface area contributed by atoms with E-state index in [1.165, 1.54) is 16.4 Å². The average molecular weight is 300 g/mol. The maximum Gasteiger partial charge on any atom is 0.243 e. The van der Waals surface area contributed by atoms with Gasteiger partial charge < -0.3 is 5.73 Å². The van der Waals surface area contributed by atoms with Crippen LogP contribution in [0.25, 0.3) is 0 Å². The average Bonchev–Trinajstić information content (AvgIpc) is 2.42. The SMILES string of the molecule is CCC1CN(S(=O)(=O)c2ccc(C)c(F)c2)CCC1N. The predicted octanol–water partition coefficient (Wildman–Crippen LogP) is 1.88. The number of nitrogens with zero attached hydrogens (tertiary/aromatic N) is 1. The Balaban J connectivity index is 2.28. The summed E-state index contributed by atoms with van der Waals surface area (Å²) in [6, 6.07) is 4.10. The zero-order valence-electron chi connectivity index (χ0n) is 11.8. The summed E-state index contributed by atoms with van der Waals surface area (Å²) in [4.78, 5) is 0.0194. The number of hydrogen-bond acceptors (Lipinski definition) is 3. The normalized spacial score (nSPS) is 24.8. The van der Waals surface area contributed by atoms with Crippen LogP contribution in [0.2, 0.25) is 0 Å². The second-order valence-electron chi connectivity index (χ2n) is 5.39. The fourth-order valence-electron chi connectivity index (χ4n) is 2.55. The molecule has 0 saturated carbocycles. The van der Waals surface area contributed by atoms with Crippen molar-refractivity contribution >= 4 is 10.0 Å². The van der Waals surface area contributed by atoms with Gasteiger partial charge in [-0.05, 0) is 37.0 Å². The molecule has 1 heterocycles. The van der Waals surface area contributed by atoms with E-state index in [2.05, 4.69) is 0 Å². The largest absolute Gasteiger partial charge is 0.327 e. The number of nitrogens with two attached hydrogens (primary N) is 1. The topological polar surface area (TPSA) is 63.4 Å². The highest BCUT2D eigenvalue weighted by molar-refractivity contribution is 7.89. The predicted molar refractivity (Wildman–Crippen MR) is 76.3 cm³/mol. The molecule has 2 atom stereocenters. The van der Waals surface area contributed by atoms with Crippen LogP contribution in [-0.2, 0) is 10.0 Å². The van der Waals surface area contributed by atoms with Gasteiger partial charge in [0.25, 0.3) is 0 Å². The van der Waals surface area contributed by atoms with E-state index in [0.29, 0.717) is 25.1 Å². The Kier molecular flexibility index (Phi) is 4.46. The number of sulfonamides is 1. The molecule has 20 heavy (non-hydrogen) atoms. The van der Waals surface area contributed by atoms with Crippen molar-refractivity contribution in [3.05, 3.63) is 29.6 Å². The summed E-state index contributed by atoms with van der Waals surface area (Å²) in [7, 11) is -3.63. The summed E-state index contributed by atoms with van der Waals surface area (Å²) in [5.74, 6) is -0.333. The number of benzene rings is 1. The molecule has 2 rings (SSSR count). The van der Waals surface area contributed by atoms with Crippen LogP contribution < -0.4 is 5.73 Å². The van der Waals surface area contributed by atoms with Crippen molar-refractivity contribution in [1.82, 2.24) is 4.31 Å². The van der Waals surface area contributed by atoms with Crippen LogP contribution in [0.4, 0.5) is 4.39 Å². The molecular weight excluding hydrogens is 279 g/mol. The Bertz CT molecular complexity index is 589. The van der Waals surface area contributed by atoms with Crippen LogP contribution in [0, 0.1) is 18.7 Å². The second kappa shape index (κ2) is 5.79. The summed E-state index contributed by atoms with van der Waals surface area (Å²) in [5, 5.41) is 0. The Morgan fingerprint density at radius 3 is 2.75 bits per heavy atom. The molecule has 6 heteroatoms. The maximum atomic E-state index is 13.6. The van der Waals surface area contributed by atoms with Crippen molar-refractivity contribution in [3.8, 4) is 0 Å². The smallest absolute Gasteiger partial charge is 0.243 e. The van der Waals surface area contributed by atoms with E-state index >= 15 is 0 Å².